The third-order valence-corrected chi connectivity index (χ3v) is 4.80. The topological polar surface area (TPSA) is 58.6 Å². The molecule has 0 aliphatic carbocycles. The Bertz CT molecular complexity index is 810. The SMILES string of the molecule is COc1ccc(Cl)cc1N1CC(C(=O)Nc2ccc(Br)cc2)CC1=O. The Morgan fingerprint density at radius 3 is 2.68 bits per heavy atom. The standard InChI is InChI=1S/C18H16BrClN2O3/c1-25-16-7-4-13(20)9-15(16)22-10-11(8-17(22)23)18(24)21-14-5-2-12(19)3-6-14/h2-7,9,11H,8,10H2,1H3,(H,21,24). The van der Waals surface area contributed by atoms with Crippen molar-refractivity contribution in [3.63, 3.8) is 0 Å². The second-order valence-corrected chi connectivity index (χ2v) is 7.07. The van der Waals surface area contributed by atoms with E-state index < -0.39 is 5.92 Å². The van der Waals surface area contributed by atoms with Crippen LogP contribution in [0.4, 0.5) is 11.4 Å². The minimum Gasteiger partial charge on any atom is -0.495 e. The highest BCUT2D eigenvalue weighted by atomic mass is 79.9. The number of carbonyl (C=O) groups is 2. The summed E-state index contributed by atoms with van der Waals surface area (Å²) in [6.45, 7) is 0.290. The lowest BCUT2D eigenvalue weighted by molar-refractivity contribution is -0.122. The first kappa shape index (κ1) is 17.8. The zero-order valence-corrected chi connectivity index (χ0v) is 15.8. The second-order valence-electron chi connectivity index (χ2n) is 5.72. The molecule has 3 rings (SSSR count). The van der Waals surface area contributed by atoms with E-state index in [-0.39, 0.29) is 24.8 Å². The molecule has 1 aliphatic heterocycles. The van der Waals surface area contributed by atoms with Crippen LogP contribution in [0.3, 0.4) is 0 Å². The van der Waals surface area contributed by atoms with Crippen LogP contribution in [0.1, 0.15) is 6.42 Å². The fourth-order valence-electron chi connectivity index (χ4n) is 2.77. The largest absolute Gasteiger partial charge is 0.495 e. The molecule has 0 aromatic heterocycles. The highest BCUT2D eigenvalue weighted by Gasteiger charge is 2.36. The highest BCUT2D eigenvalue weighted by Crippen LogP contribution is 2.35. The molecule has 1 fully saturated rings. The van der Waals surface area contributed by atoms with Crippen LogP contribution in [0.2, 0.25) is 5.02 Å². The number of hydrogen-bond donors (Lipinski definition) is 1. The molecule has 25 heavy (non-hydrogen) atoms. The van der Waals surface area contributed by atoms with E-state index in [9.17, 15) is 9.59 Å². The Balaban J connectivity index is 1.75. The van der Waals surface area contributed by atoms with Crippen LogP contribution < -0.4 is 15.0 Å². The Hall–Kier alpha value is -2.05. The number of halogens is 2. The molecule has 1 N–H and O–H groups in total. The first-order valence-electron chi connectivity index (χ1n) is 7.68. The molecular formula is C18H16BrClN2O3. The molecule has 130 valence electrons. The molecule has 1 saturated heterocycles. The lowest BCUT2D eigenvalue weighted by Crippen LogP contribution is -2.28. The number of nitrogens with zero attached hydrogens (tertiary/aromatic N) is 1. The van der Waals surface area contributed by atoms with Crippen LogP contribution in [0.5, 0.6) is 5.75 Å². The van der Waals surface area contributed by atoms with Gasteiger partial charge in [0.1, 0.15) is 5.75 Å². The number of benzene rings is 2. The van der Waals surface area contributed by atoms with Crippen molar-refractivity contribution in [2.75, 3.05) is 23.9 Å². The van der Waals surface area contributed by atoms with Gasteiger partial charge in [0.05, 0.1) is 18.7 Å². The molecule has 0 radical (unpaired) electrons. The molecule has 2 amide bonds. The van der Waals surface area contributed by atoms with Crippen LogP contribution >= 0.6 is 27.5 Å². The fraction of sp³-hybridized carbons (Fsp3) is 0.222. The maximum Gasteiger partial charge on any atom is 0.229 e. The zero-order valence-electron chi connectivity index (χ0n) is 13.5. The van der Waals surface area contributed by atoms with Gasteiger partial charge in [0.25, 0.3) is 0 Å². The molecular weight excluding hydrogens is 408 g/mol. The number of ether oxygens (including phenoxy) is 1. The van der Waals surface area contributed by atoms with Crippen LogP contribution in [-0.4, -0.2) is 25.5 Å². The van der Waals surface area contributed by atoms with Gasteiger partial charge in [-0.3, -0.25) is 9.59 Å². The Morgan fingerprint density at radius 1 is 1.28 bits per heavy atom. The van der Waals surface area contributed by atoms with Crippen molar-refractivity contribution in [2.24, 2.45) is 5.92 Å². The van der Waals surface area contributed by atoms with E-state index in [1.807, 2.05) is 12.1 Å². The summed E-state index contributed by atoms with van der Waals surface area (Å²) in [5.41, 5.74) is 1.28. The summed E-state index contributed by atoms with van der Waals surface area (Å²) < 4.78 is 6.24. The normalized spacial score (nSPS) is 16.8. The van der Waals surface area contributed by atoms with Crippen LogP contribution in [-0.2, 0) is 9.59 Å². The number of amides is 2. The summed E-state index contributed by atoms with van der Waals surface area (Å²) in [6, 6.07) is 12.4. The molecule has 1 aliphatic rings. The summed E-state index contributed by atoms with van der Waals surface area (Å²) >= 11 is 9.39. The van der Waals surface area contributed by atoms with Gasteiger partial charge in [-0.1, -0.05) is 27.5 Å². The van der Waals surface area contributed by atoms with Crippen molar-refractivity contribution in [2.45, 2.75) is 6.42 Å². The molecule has 1 unspecified atom stereocenters. The van der Waals surface area contributed by atoms with Gasteiger partial charge >= 0.3 is 0 Å². The van der Waals surface area contributed by atoms with Gasteiger partial charge in [-0.2, -0.15) is 0 Å². The lowest BCUT2D eigenvalue weighted by atomic mass is 10.1. The number of carbonyl (C=O) groups excluding carboxylic acids is 2. The second kappa shape index (κ2) is 7.45. The van der Waals surface area contributed by atoms with Gasteiger partial charge in [0.15, 0.2) is 0 Å². The molecule has 0 saturated carbocycles. The Labute approximate surface area is 159 Å². The average Bonchev–Trinajstić information content (AvgIpc) is 2.98. The van der Waals surface area contributed by atoms with Crippen molar-refractivity contribution >= 4 is 50.7 Å². The van der Waals surface area contributed by atoms with Crippen molar-refractivity contribution in [3.05, 3.63) is 52.0 Å². The van der Waals surface area contributed by atoms with Crippen LogP contribution in [0.15, 0.2) is 46.9 Å². The Kier molecular flexibility index (Phi) is 5.30. The summed E-state index contributed by atoms with van der Waals surface area (Å²) in [5.74, 6) is -0.192. The third kappa shape index (κ3) is 3.96. The van der Waals surface area contributed by atoms with Crippen molar-refractivity contribution in [1.82, 2.24) is 0 Å². The van der Waals surface area contributed by atoms with Gasteiger partial charge in [-0.25, -0.2) is 0 Å². The smallest absolute Gasteiger partial charge is 0.229 e. The average molecular weight is 424 g/mol. The predicted octanol–water partition coefficient (Wildman–Crippen LogP) is 4.10. The van der Waals surface area contributed by atoms with Gasteiger partial charge in [-0.15, -0.1) is 0 Å². The van der Waals surface area contributed by atoms with Gasteiger partial charge in [0, 0.05) is 28.1 Å². The van der Waals surface area contributed by atoms with E-state index in [2.05, 4.69) is 21.2 Å². The first-order valence-corrected chi connectivity index (χ1v) is 8.85. The quantitative estimate of drug-likeness (QED) is 0.805. The van der Waals surface area contributed by atoms with E-state index in [0.717, 1.165) is 4.47 Å². The molecule has 2 aromatic carbocycles. The molecule has 2 aromatic rings. The third-order valence-electron chi connectivity index (χ3n) is 4.04. The molecule has 1 atom stereocenters. The van der Waals surface area contributed by atoms with Gasteiger partial charge < -0.3 is 15.0 Å². The fourth-order valence-corrected chi connectivity index (χ4v) is 3.20. The summed E-state index contributed by atoms with van der Waals surface area (Å²) in [7, 11) is 1.53. The van der Waals surface area contributed by atoms with E-state index in [1.54, 1.807) is 35.2 Å². The number of hydrogen-bond acceptors (Lipinski definition) is 3. The maximum absolute atomic E-state index is 12.5. The van der Waals surface area contributed by atoms with Crippen LogP contribution in [0, 0.1) is 5.92 Å². The molecule has 0 spiro atoms. The molecule has 0 bridgehead atoms. The van der Waals surface area contributed by atoms with Crippen molar-refractivity contribution in [1.29, 1.82) is 0 Å². The number of rotatable bonds is 4. The molecule has 7 heteroatoms. The minimum atomic E-state index is -0.431. The Morgan fingerprint density at radius 2 is 2.00 bits per heavy atom. The van der Waals surface area contributed by atoms with Crippen molar-refractivity contribution in [3.8, 4) is 5.75 Å². The van der Waals surface area contributed by atoms with E-state index in [0.29, 0.717) is 22.1 Å². The lowest BCUT2D eigenvalue weighted by Gasteiger charge is -2.19. The monoisotopic (exact) mass is 422 g/mol. The first-order chi connectivity index (χ1) is 12.0. The molecule has 5 nitrogen and oxygen atoms in total. The minimum absolute atomic E-state index is 0.128. The highest BCUT2D eigenvalue weighted by molar-refractivity contribution is 9.10. The molecule has 1 heterocycles. The number of nitrogens with one attached hydrogen (secondary N) is 1. The van der Waals surface area contributed by atoms with Crippen LogP contribution in [0.25, 0.3) is 0 Å². The van der Waals surface area contributed by atoms with E-state index in [4.69, 9.17) is 16.3 Å². The summed E-state index contributed by atoms with van der Waals surface area (Å²) in [6.07, 6.45) is 0.151. The van der Waals surface area contributed by atoms with Gasteiger partial charge in [0.2, 0.25) is 11.8 Å². The maximum atomic E-state index is 12.5. The summed E-state index contributed by atoms with van der Waals surface area (Å²) in [5, 5.41) is 3.35. The zero-order chi connectivity index (χ0) is 18.0. The number of anilines is 2. The number of methoxy groups -OCH3 is 1. The predicted molar refractivity (Wildman–Crippen MR) is 101 cm³/mol. The van der Waals surface area contributed by atoms with E-state index in [1.165, 1.54) is 7.11 Å². The van der Waals surface area contributed by atoms with Crippen molar-refractivity contribution < 1.29 is 14.3 Å². The van der Waals surface area contributed by atoms with Gasteiger partial charge in [-0.05, 0) is 42.5 Å². The van der Waals surface area contributed by atoms with E-state index >= 15 is 0 Å². The summed E-state index contributed by atoms with van der Waals surface area (Å²) in [4.78, 5) is 26.4.